The largest absolute Gasteiger partial charge is 0.329 e. The molecule has 4 rings (SSSR count). The van der Waals surface area contributed by atoms with Crippen LogP contribution in [0.1, 0.15) is 73.4 Å². The number of carbonyl (C=O) groups is 2. The van der Waals surface area contributed by atoms with E-state index in [1.54, 1.807) is 6.20 Å². The Morgan fingerprint density at radius 3 is 2.66 bits per heavy atom. The first-order chi connectivity index (χ1) is 14.0. The maximum Gasteiger partial charge on any atom is 0.254 e. The van der Waals surface area contributed by atoms with E-state index < -0.39 is 11.5 Å². The Morgan fingerprint density at radius 2 is 1.97 bits per heavy atom. The van der Waals surface area contributed by atoms with Gasteiger partial charge in [0, 0.05) is 17.8 Å². The monoisotopic (exact) mass is 391 g/mol. The van der Waals surface area contributed by atoms with Crippen molar-refractivity contribution in [3.8, 4) is 0 Å². The minimum absolute atomic E-state index is 0.0647. The van der Waals surface area contributed by atoms with E-state index in [1.165, 1.54) is 0 Å². The Kier molecular flexibility index (Phi) is 5.15. The number of amides is 2. The lowest BCUT2D eigenvalue weighted by molar-refractivity contribution is -0.121. The van der Waals surface area contributed by atoms with Crippen LogP contribution < -0.4 is 5.32 Å². The van der Waals surface area contributed by atoms with Crippen LogP contribution in [0.5, 0.6) is 0 Å². The number of carbonyl (C=O) groups excluding carboxylic acids is 2. The van der Waals surface area contributed by atoms with Crippen LogP contribution in [0.4, 0.5) is 5.82 Å². The van der Waals surface area contributed by atoms with Crippen LogP contribution >= 0.6 is 0 Å². The highest BCUT2D eigenvalue weighted by molar-refractivity contribution is 6.05. The fourth-order valence-electron chi connectivity index (χ4n) is 5.23. The summed E-state index contributed by atoms with van der Waals surface area (Å²) in [5.74, 6) is 0.196. The molecule has 152 valence electrons. The van der Waals surface area contributed by atoms with Crippen LogP contribution in [-0.4, -0.2) is 33.3 Å². The lowest BCUT2D eigenvalue weighted by Crippen LogP contribution is -2.62. The van der Waals surface area contributed by atoms with Crippen LogP contribution in [-0.2, 0) is 4.79 Å². The van der Waals surface area contributed by atoms with E-state index in [-0.39, 0.29) is 17.9 Å². The van der Waals surface area contributed by atoms with Gasteiger partial charge in [0.1, 0.15) is 5.82 Å². The number of aryl methyl sites for hydroxylation is 1. The minimum atomic E-state index is -0.465. The summed E-state index contributed by atoms with van der Waals surface area (Å²) in [6, 6.07) is 11.5. The number of hydrogen-bond acceptors (Lipinski definition) is 3. The van der Waals surface area contributed by atoms with Crippen molar-refractivity contribution in [1.29, 1.82) is 0 Å². The van der Waals surface area contributed by atoms with Crippen molar-refractivity contribution in [2.75, 3.05) is 5.32 Å². The second-order valence-electron chi connectivity index (χ2n) is 8.42. The number of benzene rings is 1. The summed E-state index contributed by atoms with van der Waals surface area (Å²) in [4.78, 5) is 33.7. The van der Waals surface area contributed by atoms with Gasteiger partial charge in [-0.2, -0.15) is 0 Å². The molecule has 1 N–H and O–H groups in total. The molecule has 2 aromatic rings. The van der Waals surface area contributed by atoms with E-state index in [0.29, 0.717) is 11.4 Å². The average molecular weight is 392 g/mol. The van der Waals surface area contributed by atoms with E-state index >= 15 is 0 Å². The van der Waals surface area contributed by atoms with Gasteiger partial charge in [0.05, 0.1) is 11.5 Å². The number of pyridine rings is 1. The Labute approximate surface area is 172 Å². The smallest absolute Gasteiger partial charge is 0.254 e. The topological polar surface area (TPSA) is 62.3 Å². The predicted octanol–water partition coefficient (Wildman–Crippen LogP) is 4.68. The first-order valence-electron chi connectivity index (χ1n) is 10.6. The maximum absolute atomic E-state index is 13.7. The number of anilines is 1. The number of nitrogens with zero attached hydrogens (tertiary/aromatic N) is 2. The SMILES string of the molecule is CC[C@@H](C)N1C(=O)c2ccccc2[C@@H](C(=O)Nc2ncccc2C)C12CCCC2. The summed E-state index contributed by atoms with van der Waals surface area (Å²) < 4.78 is 0. The van der Waals surface area contributed by atoms with E-state index in [0.717, 1.165) is 43.2 Å². The summed E-state index contributed by atoms with van der Waals surface area (Å²) in [5, 5.41) is 3.08. The number of rotatable bonds is 4. The zero-order valence-corrected chi connectivity index (χ0v) is 17.4. The van der Waals surface area contributed by atoms with Gasteiger partial charge < -0.3 is 10.2 Å². The summed E-state index contributed by atoms with van der Waals surface area (Å²) >= 11 is 0. The quantitative estimate of drug-likeness (QED) is 0.823. The molecule has 5 heteroatoms. The van der Waals surface area contributed by atoms with Crippen molar-refractivity contribution in [3.63, 3.8) is 0 Å². The standard InChI is InChI=1S/C24H29N3O2/c1-4-17(3)27-23(29)19-12-6-5-11-18(19)20(24(27)13-7-8-14-24)22(28)26-21-16(2)10-9-15-25-21/h5-6,9-12,15,17,20H,4,7-8,13-14H2,1-3H3,(H,25,26,28)/t17-,20+/m1/s1. The average Bonchev–Trinajstić information content (AvgIpc) is 3.19. The molecule has 2 heterocycles. The van der Waals surface area contributed by atoms with Gasteiger partial charge >= 0.3 is 0 Å². The summed E-state index contributed by atoms with van der Waals surface area (Å²) in [7, 11) is 0. The molecule has 1 aliphatic carbocycles. The molecule has 2 amide bonds. The van der Waals surface area contributed by atoms with Gasteiger partial charge in [0.15, 0.2) is 0 Å². The molecule has 0 radical (unpaired) electrons. The third kappa shape index (κ3) is 3.13. The molecule has 29 heavy (non-hydrogen) atoms. The Bertz CT molecular complexity index is 933. The van der Waals surface area contributed by atoms with Gasteiger partial charge in [-0.1, -0.05) is 44.0 Å². The highest BCUT2D eigenvalue weighted by Gasteiger charge is 2.56. The molecule has 1 fully saturated rings. The van der Waals surface area contributed by atoms with Crippen molar-refractivity contribution in [1.82, 2.24) is 9.88 Å². The summed E-state index contributed by atoms with van der Waals surface area (Å²) in [5.41, 5.74) is 1.97. The summed E-state index contributed by atoms with van der Waals surface area (Å²) in [6.45, 7) is 6.15. The van der Waals surface area contributed by atoms with Gasteiger partial charge in [-0.05, 0) is 56.4 Å². The van der Waals surface area contributed by atoms with Crippen molar-refractivity contribution in [3.05, 3.63) is 59.3 Å². The highest BCUT2D eigenvalue weighted by atomic mass is 16.2. The van der Waals surface area contributed by atoms with Gasteiger partial charge in [0.25, 0.3) is 5.91 Å². The van der Waals surface area contributed by atoms with Gasteiger partial charge in [0.2, 0.25) is 5.91 Å². The fourth-order valence-corrected chi connectivity index (χ4v) is 5.23. The van der Waals surface area contributed by atoms with Crippen molar-refractivity contribution in [2.45, 2.75) is 70.4 Å². The van der Waals surface area contributed by atoms with Crippen LogP contribution in [0.3, 0.4) is 0 Å². The van der Waals surface area contributed by atoms with Crippen LogP contribution in [0.15, 0.2) is 42.6 Å². The minimum Gasteiger partial charge on any atom is -0.329 e. The zero-order chi connectivity index (χ0) is 20.6. The molecule has 1 aromatic heterocycles. The molecule has 2 aliphatic rings. The van der Waals surface area contributed by atoms with E-state index in [9.17, 15) is 9.59 Å². The predicted molar refractivity (Wildman–Crippen MR) is 114 cm³/mol. The molecule has 1 spiro atoms. The second kappa shape index (κ2) is 7.62. The zero-order valence-electron chi connectivity index (χ0n) is 17.4. The maximum atomic E-state index is 13.7. The molecule has 0 saturated heterocycles. The van der Waals surface area contributed by atoms with Crippen LogP contribution in [0.2, 0.25) is 0 Å². The van der Waals surface area contributed by atoms with E-state index in [4.69, 9.17) is 0 Å². The number of nitrogens with one attached hydrogen (secondary N) is 1. The molecule has 0 bridgehead atoms. The Balaban J connectivity index is 1.84. The van der Waals surface area contributed by atoms with Crippen molar-refractivity contribution in [2.24, 2.45) is 0 Å². The molecular weight excluding hydrogens is 362 g/mol. The molecule has 5 nitrogen and oxygen atoms in total. The molecular formula is C24H29N3O2. The van der Waals surface area contributed by atoms with E-state index in [2.05, 4.69) is 24.1 Å². The molecule has 1 aromatic carbocycles. The Hall–Kier alpha value is -2.69. The van der Waals surface area contributed by atoms with Gasteiger partial charge in [-0.25, -0.2) is 4.98 Å². The summed E-state index contributed by atoms with van der Waals surface area (Å²) in [6.07, 6.45) is 6.35. The van der Waals surface area contributed by atoms with E-state index in [1.807, 2.05) is 48.2 Å². The number of fused-ring (bicyclic) bond motifs is 1. The Morgan fingerprint density at radius 1 is 1.24 bits per heavy atom. The lowest BCUT2D eigenvalue weighted by Gasteiger charge is -2.52. The molecule has 0 unspecified atom stereocenters. The van der Waals surface area contributed by atoms with Crippen molar-refractivity contribution < 1.29 is 9.59 Å². The van der Waals surface area contributed by atoms with Gasteiger partial charge in [-0.3, -0.25) is 9.59 Å². The number of aromatic nitrogens is 1. The second-order valence-corrected chi connectivity index (χ2v) is 8.42. The third-order valence-corrected chi connectivity index (χ3v) is 6.75. The van der Waals surface area contributed by atoms with Crippen LogP contribution in [0, 0.1) is 6.92 Å². The normalized spacial score (nSPS) is 21.1. The molecule has 2 atom stereocenters. The van der Waals surface area contributed by atoms with Gasteiger partial charge in [-0.15, -0.1) is 0 Å². The third-order valence-electron chi connectivity index (χ3n) is 6.75. The highest BCUT2D eigenvalue weighted by Crippen LogP contribution is 2.51. The lowest BCUT2D eigenvalue weighted by atomic mass is 9.70. The first-order valence-corrected chi connectivity index (χ1v) is 10.6. The van der Waals surface area contributed by atoms with Crippen LogP contribution in [0.25, 0.3) is 0 Å². The molecule has 1 aliphatic heterocycles. The van der Waals surface area contributed by atoms with Crippen molar-refractivity contribution >= 4 is 17.6 Å². The molecule has 1 saturated carbocycles. The number of hydrogen-bond donors (Lipinski definition) is 1. The fraction of sp³-hybridized carbons (Fsp3) is 0.458. The first kappa shape index (κ1) is 19.6.